The number of anilines is 1. The van der Waals surface area contributed by atoms with Crippen molar-refractivity contribution in [3.8, 4) is 0 Å². The van der Waals surface area contributed by atoms with Gasteiger partial charge >= 0.3 is 0 Å². The lowest BCUT2D eigenvalue weighted by atomic mass is 9.96. The molecule has 1 rings (SSSR count). The number of nitrogens with one attached hydrogen (secondary N) is 3. The SMILES string of the molecule is CC(C)(C)C(=O)NCC(=O)Nc1ccccc1C(=O)NCCN. The molecule has 0 atom stereocenters. The molecule has 0 aliphatic rings. The lowest BCUT2D eigenvalue weighted by molar-refractivity contribution is -0.130. The molecule has 0 spiro atoms. The van der Waals surface area contributed by atoms with Crippen molar-refractivity contribution in [2.45, 2.75) is 20.8 Å². The molecule has 0 aliphatic heterocycles. The minimum Gasteiger partial charge on any atom is -0.351 e. The normalized spacial score (nSPS) is 10.8. The first-order valence-corrected chi connectivity index (χ1v) is 7.41. The van der Waals surface area contributed by atoms with Crippen molar-refractivity contribution in [2.75, 3.05) is 25.0 Å². The van der Waals surface area contributed by atoms with E-state index in [2.05, 4.69) is 16.0 Å². The number of amides is 3. The summed E-state index contributed by atoms with van der Waals surface area (Å²) in [5, 5.41) is 7.83. The molecule has 23 heavy (non-hydrogen) atoms. The Hall–Kier alpha value is -2.41. The minimum atomic E-state index is -0.569. The summed E-state index contributed by atoms with van der Waals surface area (Å²) in [5.41, 5.74) is 5.51. The third-order valence-electron chi connectivity index (χ3n) is 2.97. The van der Waals surface area contributed by atoms with Crippen molar-refractivity contribution in [1.82, 2.24) is 10.6 Å². The third kappa shape index (κ3) is 6.07. The van der Waals surface area contributed by atoms with Gasteiger partial charge in [-0.1, -0.05) is 32.9 Å². The molecule has 126 valence electrons. The van der Waals surface area contributed by atoms with Crippen LogP contribution in [0.2, 0.25) is 0 Å². The smallest absolute Gasteiger partial charge is 0.253 e. The van der Waals surface area contributed by atoms with E-state index >= 15 is 0 Å². The third-order valence-corrected chi connectivity index (χ3v) is 2.97. The number of benzene rings is 1. The van der Waals surface area contributed by atoms with E-state index in [0.29, 0.717) is 24.3 Å². The maximum atomic E-state index is 12.0. The molecule has 3 amide bonds. The number of hydrogen-bond donors (Lipinski definition) is 4. The molecule has 1 aromatic rings. The van der Waals surface area contributed by atoms with Gasteiger partial charge in [-0.15, -0.1) is 0 Å². The fourth-order valence-corrected chi connectivity index (χ4v) is 1.69. The summed E-state index contributed by atoms with van der Waals surface area (Å²) < 4.78 is 0. The lowest BCUT2D eigenvalue weighted by Crippen LogP contribution is -2.39. The molecular weight excluding hydrogens is 296 g/mol. The van der Waals surface area contributed by atoms with Crippen LogP contribution in [0.1, 0.15) is 31.1 Å². The highest BCUT2D eigenvalue weighted by molar-refractivity contribution is 6.04. The molecule has 0 aliphatic carbocycles. The molecule has 0 saturated carbocycles. The van der Waals surface area contributed by atoms with Crippen LogP contribution in [0.4, 0.5) is 5.69 Å². The van der Waals surface area contributed by atoms with Crippen LogP contribution < -0.4 is 21.7 Å². The molecule has 0 heterocycles. The summed E-state index contributed by atoms with van der Waals surface area (Å²) in [6, 6.07) is 6.65. The molecule has 0 saturated heterocycles. The summed E-state index contributed by atoms with van der Waals surface area (Å²) in [6.45, 7) is 5.81. The zero-order valence-electron chi connectivity index (χ0n) is 13.7. The molecule has 0 radical (unpaired) electrons. The summed E-state index contributed by atoms with van der Waals surface area (Å²) in [6.07, 6.45) is 0. The van der Waals surface area contributed by atoms with Crippen LogP contribution in [0.15, 0.2) is 24.3 Å². The second-order valence-electron chi connectivity index (χ2n) is 6.07. The summed E-state index contributed by atoms with van der Waals surface area (Å²) in [4.78, 5) is 35.7. The molecule has 5 N–H and O–H groups in total. The Morgan fingerprint density at radius 2 is 1.74 bits per heavy atom. The standard InChI is InChI=1S/C16H24N4O3/c1-16(2,3)15(23)19-10-13(21)20-12-7-5-4-6-11(12)14(22)18-9-8-17/h4-7H,8-10,17H2,1-3H3,(H,18,22)(H,19,23)(H,20,21). The molecule has 0 fully saturated rings. The fraction of sp³-hybridized carbons (Fsp3) is 0.438. The van der Waals surface area contributed by atoms with Crippen molar-refractivity contribution < 1.29 is 14.4 Å². The number of para-hydroxylation sites is 1. The Bertz CT molecular complexity index is 579. The first-order valence-electron chi connectivity index (χ1n) is 7.41. The molecule has 7 heteroatoms. The van der Waals surface area contributed by atoms with Gasteiger partial charge in [0.2, 0.25) is 11.8 Å². The first kappa shape index (κ1) is 18.6. The van der Waals surface area contributed by atoms with Gasteiger partial charge in [0.15, 0.2) is 0 Å². The molecule has 1 aromatic carbocycles. The van der Waals surface area contributed by atoms with Gasteiger partial charge in [-0.2, -0.15) is 0 Å². The van der Waals surface area contributed by atoms with Crippen molar-refractivity contribution in [3.63, 3.8) is 0 Å². The van der Waals surface area contributed by atoms with Gasteiger partial charge in [0, 0.05) is 18.5 Å². The average Bonchev–Trinajstić information content (AvgIpc) is 2.49. The summed E-state index contributed by atoms with van der Waals surface area (Å²) >= 11 is 0. The predicted molar refractivity (Wildman–Crippen MR) is 88.9 cm³/mol. The molecular formula is C16H24N4O3. The van der Waals surface area contributed by atoms with E-state index in [9.17, 15) is 14.4 Å². The van der Waals surface area contributed by atoms with E-state index in [4.69, 9.17) is 5.73 Å². The second-order valence-corrected chi connectivity index (χ2v) is 6.07. The van der Waals surface area contributed by atoms with Crippen LogP contribution in [-0.2, 0) is 9.59 Å². The Morgan fingerprint density at radius 1 is 1.09 bits per heavy atom. The fourth-order valence-electron chi connectivity index (χ4n) is 1.69. The molecule has 0 aromatic heterocycles. The highest BCUT2D eigenvalue weighted by atomic mass is 16.2. The van der Waals surface area contributed by atoms with Crippen LogP contribution in [0.3, 0.4) is 0 Å². The monoisotopic (exact) mass is 320 g/mol. The van der Waals surface area contributed by atoms with E-state index in [1.54, 1.807) is 45.0 Å². The van der Waals surface area contributed by atoms with Crippen molar-refractivity contribution in [2.24, 2.45) is 11.1 Å². The van der Waals surface area contributed by atoms with Gasteiger partial charge in [-0.25, -0.2) is 0 Å². The van der Waals surface area contributed by atoms with Crippen LogP contribution in [0.25, 0.3) is 0 Å². The zero-order valence-corrected chi connectivity index (χ0v) is 13.7. The van der Waals surface area contributed by atoms with Crippen molar-refractivity contribution in [1.29, 1.82) is 0 Å². The number of carbonyl (C=O) groups is 3. The Morgan fingerprint density at radius 3 is 2.35 bits per heavy atom. The molecule has 7 nitrogen and oxygen atoms in total. The highest BCUT2D eigenvalue weighted by Crippen LogP contribution is 2.15. The Labute approximate surface area is 136 Å². The maximum absolute atomic E-state index is 12.0. The average molecular weight is 320 g/mol. The highest BCUT2D eigenvalue weighted by Gasteiger charge is 2.21. The van der Waals surface area contributed by atoms with E-state index in [1.165, 1.54) is 0 Å². The number of carbonyl (C=O) groups excluding carboxylic acids is 3. The van der Waals surface area contributed by atoms with Crippen LogP contribution in [0.5, 0.6) is 0 Å². The van der Waals surface area contributed by atoms with E-state index in [0.717, 1.165) is 0 Å². The van der Waals surface area contributed by atoms with E-state index < -0.39 is 11.3 Å². The number of nitrogens with two attached hydrogens (primary N) is 1. The first-order chi connectivity index (χ1) is 10.8. The van der Waals surface area contributed by atoms with Gasteiger partial charge in [0.25, 0.3) is 5.91 Å². The Kier molecular flexibility index (Phi) is 6.71. The van der Waals surface area contributed by atoms with Crippen LogP contribution >= 0.6 is 0 Å². The number of rotatable bonds is 6. The largest absolute Gasteiger partial charge is 0.351 e. The molecule has 0 unspecified atom stereocenters. The topological polar surface area (TPSA) is 113 Å². The van der Waals surface area contributed by atoms with Gasteiger partial charge in [-0.3, -0.25) is 14.4 Å². The van der Waals surface area contributed by atoms with Gasteiger partial charge in [0.1, 0.15) is 0 Å². The van der Waals surface area contributed by atoms with Crippen LogP contribution in [0, 0.1) is 5.41 Å². The van der Waals surface area contributed by atoms with Gasteiger partial charge < -0.3 is 21.7 Å². The van der Waals surface area contributed by atoms with Crippen molar-refractivity contribution >= 4 is 23.4 Å². The maximum Gasteiger partial charge on any atom is 0.253 e. The summed E-state index contributed by atoms with van der Waals surface area (Å²) in [5.74, 6) is -0.937. The van der Waals surface area contributed by atoms with Crippen LogP contribution in [-0.4, -0.2) is 37.4 Å². The van der Waals surface area contributed by atoms with E-state index in [1.807, 2.05) is 0 Å². The van der Waals surface area contributed by atoms with E-state index in [-0.39, 0.29) is 18.4 Å². The Balaban J connectivity index is 2.68. The van der Waals surface area contributed by atoms with Crippen molar-refractivity contribution in [3.05, 3.63) is 29.8 Å². The predicted octanol–water partition coefficient (Wildman–Crippen LogP) is 0.476. The number of hydrogen-bond acceptors (Lipinski definition) is 4. The molecule has 0 bridgehead atoms. The second kappa shape index (κ2) is 8.28. The zero-order chi connectivity index (χ0) is 17.5. The quantitative estimate of drug-likeness (QED) is 0.610. The lowest BCUT2D eigenvalue weighted by Gasteiger charge is -2.17. The minimum absolute atomic E-state index is 0.158. The summed E-state index contributed by atoms with van der Waals surface area (Å²) in [7, 11) is 0. The van der Waals surface area contributed by atoms with Gasteiger partial charge in [-0.05, 0) is 12.1 Å². The van der Waals surface area contributed by atoms with Gasteiger partial charge in [0.05, 0.1) is 17.8 Å².